The quantitative estimate of drug-likeness (QED) is 0.847. The number of rotatable bonds is 6. The van der Waals surface area contributed by atoms with Gasteiger partial charge in [-0.2, -0.15) is 0 Å². The average Bonchev–Trinajstić information content (AvgIpc) is 2.50. The fourth-order valence-electron chi connectivity index (χ4n) is 2.31. The second kappa shape index (κ2) is 7.06. The first-order chi connectivity index (χ1) is 9.72. The molecule has 2 N–H and O–H groups in total. The lowest BCUT2D eigenvalue weighted by Gasteiger charge is -2.16. The molecule has 2 aromatic carbocycles. The standard InChI is InChI=1S/C17H22N2O/c1-3-11-18-17(20)12-19-13(2)15-10-6-8-14-7-4-5-9-16(14)15/h4-10,13,19H,3,11-12H2,1-2H3,(H,18,20). The smallest absolute Gasteiger partial charge is 0.233 e. The highest BCUT2D eigenvalue weighted by molar-refractivity contribution is 5.86. The topological polar surface area (TPSA) is 41.1 Å². The summed E-state index contributed by atoms with van der Waals surface area (Å²) in [6.07, 6.45) is 0.963. The van der Waals surface area contributed by atoms with E-state index >= 15 is 0 Å². The molecular formula is C17H22N2O. The molecule has 2 rings (SSSR count). The summed E-state index contributed by atoms with van der Waals surface area (Å²) in [5.74, 6) is 0.0546. The Morgan fingerprint density at radius 2 is 1.90 bits per heavy atom. The predicted molar refractivity (Wildman–Crippen MR) is 83.7 cm³/mol. The minimum atomic E-state index is 0.0546. The van der Waals surface area contributed by atoms with Crippen LogP contribution in [-0.2, 0) is 4.79 Å². The third-order valence-electron chi connectivity index (χ3n) is 3.43. The molecule has 0 aromatic heterocycles. The SMILES string of the molecule is CCCNC(=O)CNC(C)c1cccc2ccccc12. The fourth-order valence-corrected chi connectivity index (χ4v) is 2.31. The summed E-state index contributed by atoms with van der Waals surface area (Å²) >= 11 is 0. The van der Waals surface area contributed by atoms with Gasteiger partial charge in [-0.25, -0.2) is 0 Å². The van der Waals surface area contributed by atoms with Crippen LogP contribution in [0.1, 0.15) is 31.9 Å². The average molecular weight is 270 g/mol. The Labute approximate surface area is 120 Å². The Bertz CT molecular complexity index is 575. The van der Waals surface area contributed by atoms with Crippen molar-refractivity contribution < 1.29 is 4.79 Å². The van der Waals surface area contributed by atoms with Crippen molar-refractivity contribution in [2.45, 2.75) is 26.3 Å². The normalized spacial score (nSPS) is 12.3. The van der Waals surface area contributed by atoms with Gasteiger partial charge in [-0.1, -0.05) is 49.4 Å². The van der Waals surface area contributed by atoms with Crippen LogP contribution in [0, 0.1) is 0 Å². The maximum absolute atomic E-state index is 11.6. The Morgan fingerprint density at radius 3 is 2.70 bits per heavy atom. The summed E-state index contributed by atoms with van der Waals surface area (Å²) in [4.78, 5) is 11.6. The number of nitrogens with one attached hydrogen (secondary N) is 2. The Balaban J connectivity index is 2.04. The van der Waals surface area contributed by atoms with E-state index in [0.29, 0.717) is 6.54 Å². The molecule has 0 saturated carbocycles. The van der Waals surface area contributed by atoms with Crippen LogP contribution >= 0.6 is 0 Å². The zero-order valence-corrected chi connectivity index (χ0v) is 12.1. The first-order valence-corrected chi connectivity index (χ1v) is 7.20. The third kappa shape index (κ3) is 3.58. The third-order valence-corrected chi connectivity index (χ3v) is 3.43. The lowest BCUT2D eigenvalue weighted by atomic mass is 10.00. The van der Waals surface area contributed by atoms with Gasteiger partial charge in [-0.15, -0.1) is 0 Å². The molecule has 3 heteroatoms. The molecular weight excluding hydrogens is 248 g/mol. The van der Waals surface area contributed by atoms with E-state index in [1.807, 2.05) is 19.1 Å². The van der Waals surface area contributed by atoms with Crippen LogP contribution in [-0.4, -0.2) is 19.0 Å². The van der Waals surface area contributed by atoms with E-state index in [9.17, 15) is 4.79 Å². The Morgan fingerprint density at radius 1 is 1.15 bits per heavy atom. The van der Waals surface area contributed by atoms with Crippen LogP contribution in [0.3, 0.4) is 0 Å². The summed E-state index contributed by atoms with van der Waals surface area (Å²) in [5, 5.41) is 8.63. The van der Waals surface area contributed by atoms with E-state index in [1.165, 1.54) is 16.3 Å². The van der Waals surface area contributed by atoms with E-state index in [-0.39, 0.29) is 11.9 Å². The molecule has 0 aliphatic heterocycles. The van der Waals surface area contributed by atoms with Crippen LogP contribution < -0.4 is 10.6 Å². The van der Waals surface area contributed by atoms with Gasteiger partial charge in [-0.3, -0.25) is 4.79 Å². The lowest BCUT2D eigenvalue weighted by molar-refractivity contribution is -0.120. The summed E-state index contributed by atoms with van der Waals surface area (Å²) in [5.41, 5.74) is 1.23. The van der Waals surface area contributed by atoms with E-state index in [4.69, 9.17) is 0 Å². The van der Waals surface area contributed by atoms with Crippen molar-refractivity contribution in [3.63, 3.8) is 0 Å². The highest BCUT2D eigenvalue weighted by Crippen LogP contribution is 2.23. The van der Waals surface area contributed by atoms with Crippen molar-refractivity contribution in [1.82, 2.24) is 10.6 Å². The van der Waals surface area contributed by atoms with Gasteiger partial charge in [0.1, 0.15) is 0 Å². The van der Waals surface area contributed by atoms with E-state index in [1.54, 1.807) is 0 Å². The molecule has 0 bridgehead atoms. The van der Waals surface area contributed by atoms with Gasteiger partial charge in [0, 0.05) is 12.6 Å². The second-order valence-electron chi connectivity index (χ2n) is 5.02. The zero-order valence-electron chi connectivity index (χ0n) is 12.1. The fraction of sp³-hybridized carbons (Fsp3) is 0.353. The van der Waals surface area contributed by atoms with Crippen LogP contribution in [0.2, 0.25) is 0 Å². The maximum atomic E-state index is 11.6. The van der Waals surface area contributed by atoms with Gasteiger partial charge in [0.25, 0.3) is 0 Å². The largest absolute Gasteiger partial charge is 0.355 e. The monoisotopic (exact) mass is 270 g/mol. The van der Waals surface area contributed by atoms with Gasteiger partial charge in [0.15, 0.2) is 0 Å². The number of amides is 1. The molecule has 0 heterocycles. The number of benzene rings is 2. The lowest BCUT2D eigenvalue weighted by Crippen LogP contribution is -2.35. The summed E-state index contributed by atoms with van der Waals surface area (Å²) in [7, 11) is 0. The Kier molecular flexibility index (Phi) is 5.13. The molecule has 0 aliphatic rings. The second-order valence-corrected chi connectivity index (χ2v) is 5.02. The van der Waals surface area contributed by atoms with Crippen LogP contribution in [0.5, 0.6) is 0 Å². The molecule has 0 aliphatic carbocycles. The van der Waals surface area contributed by atoms with Crippen molar-refractivity contribution in [3.8, 4) is 0 Å². The molecule has 2 aromatic rings. The van der Waals surface area contributed by atoms with Crippen LogP contribution in [0.15, 0.2) is 42.5 Å². The highest BCUT2D eigenvalue weighted by atomic mass is 16.1. The minimum absolute atomic E-state index is 0.0546. The molecule has 0 spiro atoms. The summed E-state index contributed by atoms with van der Waals surface area (Å²) in [6.45, 7) is 5.23. The van der Waals surface area contributed by atoms with Gasteiger partial charge in [-0.05, 0) is 29.7 Å². The number of carbonyl (C=O) groups excluding carboxylic acids is 1. The maximum Gasteiger partial charge on any atom is 0.233 e. The first-order valence-electron chi connectivity index (χ1n) is 7.20. The zero-order chi connectivity index (χ0) is 14.4. The Hall–Kier alpha value is -1.87. The number of carbonyl (C=O) groups is 1. The van der Waals surface area contributed by atoms with Crippen molar-refractivity contribution in [2.75, 3.05) is 13.1 Å². The molecule has 106 valence electrons. The molecule has 0 fully saturated rings. The molecule has 3 nitrogen and oxygen atoms in total. The highest BCUT2D eigenvalue weighted by Gasteiger charge is 2.10. The van der Waals surface area contributed by atoms with Crippen molar-refractivity contribution in [1.29, 1.82) is 0 Å². The van der Waals surface area contributed by atoms with Crippen LogP contribution in [0.4, 0.5) is 0 Å². The van der Waals surface area contributed by atoms with Crippen molar-refractivity contribution in [3.05, 3.63) is 48.0 Å². The van der Waals surface area contributed by atoms with Gasteiger partial charge < -0.3 is 10.6 Å². The van der Waals surface area contributed by atoms with Gasteiger partial charge in [0.2, 0.25) is 5.91 Å². The molecule has 0 radical (unpaired) electrons. The first kappa shape index (κ1) is 14.5. The molecule has 1 amide bonds. The predicted octanol–water partition coefficient (Wildman–Crippen LogP) is 3.02. The molecule has 1 unspecified atom stereocenters. The van der Waals surface area contributed by atoms with Gasteiger partial charge in [0.05, 0.1) is 6.54 Å². The molecule has 20 heavy (non-hydrogen) atoms. The van der Waals surface area contributed by atoms with E-state index < -0.39 is 0 Å². The van der Waals surface area contributed by atoms with Crippen molar-refractivity contribution >= 4 is 16.7 Å². The number of fused-ring (bicyclic) bond motifs is 1. The van der Waals surface area contributed by atoms with E-state index in [0.717, 1.165) is 13.0 Å². The molecule has 0 saturated heterocycles. The minimum Gasteiger partial charge on any atom is -0.355 e. The molecule has 1 atom stereocenters. The number of hydrogen-bond acceptors (Lipinski definition) is 2. The van der Waals surface area contributed by atoms with Crippen molar-refractivity contribution in [2.24, 2.45) is 0 Å². The van der Waals surface area contributed by atoms with Gasteiger partial charge >= 0.3 is 0 Å². The number of hydrogen-bond donors (Lipinski definition) is 2. The summed E-state index contributed by atoms with van der Waals surface area (Å²) < 4.78 is 0. The van der Waals surface area contributed by atoms with E-state index in [2.05, 4.69) is 47.9 Å². The van der Waals surface area contributed by atoms with Crippen LogP contribution in [0.25, 0.3) is 10.8 Å². The summed E-state index contributed by atoms with van der Waals surface area (Å²) in [6, 6.07) is 14.8.